The van der Waals surface area contributed by atoms with Gasteiger partial charge in [0.15, 0.2) is 23.1 Å². The van der Waals surface area contributed by atoms with Crippen LogP contribution in [0.25, 0.3) is 11.0 Å². The Morgan fingerprint density at radius 3 is 2.69 bits per heavy atom. The number of aliphatic hydroxyl groups excluding tert-OH is 1. The highest BCUT2D eigenvalue weighted by molar-refractivity contribution is 6.42. The molecule has 2 N–H and O–H groups in total. The standard InChI is InChI=1S/C25H24ClFN2O6/c26-16-4-3-14-10-20(35-19(14)12-16)23(31)25(32)28-18(13-29-5-1-2-6-29)22(30)15-9-17(27)24-21(11-15)33-7-8-34-24/h3-4,9-12,18,22,30H,1-2,5-8,13H2,(H,28,32)/t18-,22-/m1/s1. The van der Waals surface area contributed by atoms with E-state index in [2.05, 4.69) is 10.2 Å². The van der Waals surface area contributed by atoms with Crippen LogP contribution in [-0.4, -0.2) is 60.6 Å². The number of aliphatic hydroxyl groups is 1. The van der Waals surface area contributed by atoms with Gasteiger partial charge in [0.2, 0.25) is 0 Å². The van der Waals surface area contributed by atoms with E-state index in [4.69, 9.17) is 25.5 Å². The highest BCUT2D eigenvalue weighted by Gasteiger charge is 2.31. The topological polar surface area (TPSA) is 101 Å². The molecule has 1 aromatic heterocycles. The van der Waals surface area contributed by atoms with Gasteiger partial charge in [-0.05, 0) is 61.8 Å². The smallest absolute Gasteiger partial charge is 0.296 e. The van der Waals surface area contributed by atoms with Crippen molar-refractivity contribution in [2.75, 3.05) is 32.8 Å². The summed E-state index contributed by atoms with van der Waals surface area (Å²) in [6, 6.07) is 8.14. The zero-order valence-corrected chi connectivity index (χ0v) is 19.5. The maximum Gasteiger partial charge on any atom is 0.296 e. The summed E-state index contributed by atoms with van der Waals surface area (Å²) in [7, 11) is 0. The summed E-state index contributed by atoms with van der Waals surface area (Å²) in [5, 5.41) is 14.9. The number of ketones is 1. The summed E-state index contributed by atoms with van der Waals surface area (Å²) in [4.78, 5) is 27.8. The third-order valence-corrected chi connectivity index (χ3v) is 6.46. The van der Waals surface area contributed by atoms with Crippen LogP contribution < -0.4 is 14.8 Å². The molecule has 1 saturated heterocycles. The Morgan fingerprint density at radius 2 is 1.89 bits per heavy atom. The van der Waals surface area contributed by atoms with Gasteiger partial charge in [-0.3, -0.25) is 9.59 Å². The lowest BCUT2D eigenvalue weighted by molar-refractivity contribution is -0.118. The van der Waals surface area contributed by atoms with Gasteiger partial charge >= 0.3 is 0 Å². The number of halogens is 2. The van der Waals surface area contributed by atoms with Crippen molar-refractivity contribution in [2.24, 2.45) is 0 Å². The summed E-state index contributed by atoms with van der Waals surface area (Å²) in [6.45, 7) is 2.37. The van der Waals surface area contributed by atoms with Gasteiger partial charge in [0, 0.05) is 23.0 Å². The first-order chi connectivity index (χ1) is 16.9. The molecule has 2 atom stereocenters. The minimum Gasteiger partial charge on any atom is -0.486 e. The Labute approximate surface area is 205 Å². The minimum atomic E-state index is -1.30. The van der Waals surface area contributed by atoms with Crippen LogP contribution in [-0.2, 0) is 4.79 Å². The number of furan rings is 1. The molecule has 2 aliphatic heterocycles. The molecule has 0 saturated carbocycles. The molecule has 3 heterocycles. The lowest BCUT2D eigenvalue weighted by atomic mass is 10.00. The number of benzene rings is 2. The number of fused-ring (bicyclic) bond motifs is 2. The van der Waals surface area contributed by atoms with Crippen molar-refractivity contribution in [2.45, 2.75) is 25.0 Å². The van der Waals surface area contributed by atoms with Crippen LogP contribution in [0.5, 0.6) is 11.5 Å². The van der Waals surface area contributed by atoms with E-state index in [1.807, 2.05) is 0 Å². The van der Waals surface area contributed by atoms with E-state index < -0.39 is 29.7 Å². The lowest BCUT2D eigenvalue weighted by Gasteiger charge is -2.29. The second-order valence-corrected chi connectivity index (χ2v) is 9.12. The molecule has 10 heteroatoms. The monoisotopic (exact) mass is 502 g/mol. The molecule has 184 valence electrons. The van der Waals surface area contributed by atoms with Crippen molar-refractivity contribution in [3.05, 3.63) is 58.6 Å². The zero-order chi connectivity index (χ0) is 24.5. The predicted molar refractivity (Wildman–Crippen MR) is 126 cm³/mol. The van der Waals surface area contributed by atoms with Gasteiger partial charge in [-0.25, -0.2) is 4.39 Å². The average molecular weight is 503 g/mol. The molecule has 3 aromatic rings. The van der Waals surface area contributed by atoms with Crippen LogP contribution in [0.4, 0.5) is 4.39 Å². The van der Waals surface area contributed by atoms with E-state index in [1.54, 1.807) is 18.2 Å². The lowest BCUT2D eigenvalue weighted by Crippen LogP contribution is -2.48. The van der Waals surface area contributed by atoms with Crippen molar-refractivity contribution in [3.8, 4) is 11.5 Å². The maximum atomic E-state index is 14.6. The van der Waals surface area contributed by atoms with Gasteiger partial charge in [-0.2, -0.15) is 0 Å². The van der Waals surface area contributed by atoms with Crippen LogP contribution in [0.2, 0.25) is 5.02 Å². The fraction of sp³-hybridized carbons (Fsp3) is 0.360. The number of carbonyl (C=O) groups excluding carboxylic acids is 2. The van der Waals surface area contributed by atoms with E-state index in [-0.39, 0.29) is 42.6 Å². The first kappa shape index (κ1) is 23.6. The maximum absolute atomic E-state index is 14.6. The van der Waals surface area contributed by atoms with Gasteiger partial charge < -0.3 is 29.2 Å². The fourth-order valence-electron chi connectivity index (χ4n) is 4.46. The number of hydrogen-bond donors (Lipinski definition) is 2. The molecular formula is C25H24ClFN2O6. The Morgan fingerprint density at radius 1 is 1.11 bits per heavy atom. The molecular weight excluding hydrogens is 479 g/mol. The van der Waals surface area contributed by atoms with Gasteiger partial charge in [-0.15, -0.1) is 0 Å². The molecule has 0 radical (unpaired) electrons. The predicted octanol–water partition coefficient (Wildman–Crippen LogP) is 3.49. The van der Waals surface area contributed by atoms with Crippen LogP contribution in [0.3, 0.4) is 0 Å². The van der Waals surface area contributed by atoms with Crippen LogP contribution in [0.15, 0.2) is 40.8 Å². The summed E-state index contributed by atoms with van der Waals surface area (Å²) in [5.74, 6) is -2.44. The zero-order valence-electron chi connectivity index (χ0n) is 18.8. The third-order valence-electron chi connectivity index (χ3n) is 6.22. The molecule has 1 fully saturated rings. The second-order valence-electron chi connectivity index (χ2n) is 8.68. The molecule has 1 amide bonds. The van der Waals surface area contributed by atoms with E-state index in [1.165, 1.54) is 12.1 Å². The van der Waals surface area contributed by atoms with Gasteiger partial charge in [-0.1, -0.05) is 11.6 Å². The number of likely N-dealkylation sites (tertiary alicyclic amines) is 1. The molecule has 0 bridgehead atoms. The normalized spacial score (nSPS) is 17.3. The fourth-order valence-corrected chi connectivity index (χ4v) is 4.63. The summed E-state index contributed by atoms with van der Waals surface area (Å²) in [5.41, 5.74) is 0.594. The summed E-state index contributed by atoms with van der Waals surface area (Å²) >= 11 is 5.97. The SMILES string of the molecule is O=C(N[C@H](CN1CCCC1)[C@H](O)c1cc(F)c2c(c1)OCCO2)C(=O)c1cc2ccc(Cl)cc2o1. The van der Waals surface area contributed by atoms with Crippen LogP contribution in [0, 0.1) is 5.82 Å². The number of nitrogens with one attached hydrogen (secondary N) is 1. The van der Waals surface area contributed by atoms with Gasteiger partial charge in [0.05, 0.1) is 6.04 Å². The van der Waals surface area contributed by atoms with E-state index in [0.717, 1.165) is 32.0 Å². The van der Waals surface area contributed by atoms with Crippen molar-refractivity contribution in [1.29, 1.82) is 0 Å². The summed E-state index contributed by atoms with van der Waals surface area (Å²) in [6.07, 6.45) is 0.693. The summed E-state index contributed by atoms with van der Waals surface area (Å²) < 4.78 is 30.9. The van der Waals surface area contributed by atoms with Crippen LogP contribution in [0.1, 0.15) is 35.1 Å². The van der Waals surface area contributed by atoms with Crippen molar-refractivity contribution in [3.63, 3.8) is 0 Å². The highest BCUT2D eigenvalue weighted by atomic mass is 35.5. The second kappa shape index (κ2) is 9.85. The highest BCUT2D eigenvalue weighted by Crippen LogP contribution is 2.36. The average Bonchev–Trinajstić information content (AvgIpc) is 3.52. The van der Waals surface area contributed by atoms with E-state index >= 15 is 0 Å². The Balaban J connectivity index is 1.38. The number of rotatable bonds is 7. The quantitative estimate of drug-likeness (QED) is 0.376. The van der Waals surface area contributed by atoms with Crippen molar-refractivity contribution < 1.29 is 33.0 Å². The Hall–Kier alpha value is -3.14. The number of Topliss-reactive ketones (excluding diaryl/α,β-unsaturated/α-hetero) is 1. The molecule has 35 heavy (non-hydrogen) atoms. The van der Waals surface area contributed by atoms with E-state index in [9.17, 15) is 19.1 Å². The molecule has 2 aromatic carbocycles. The Kier molecular flexibility index (Phi) is 6.64. The number of nitrogens with zero attached hydrogens (tertiary/aromatic N) is 1. The minimum absolute atomic E-state index is 0.00695. The largest absolute Gasteiger partial charge is 0.486 e. The van der Waals surface area contributed by atoms with Crippen molar-refractivity contribution >= 4 is 34.3 Å². The van der Waals surface area contributed by atoms with Crippen molar-refractivity contribution in [1.82, 2.24) is 10.2 Å². The molecule has 5 rings (SSSR count). The van der Waals surface area contributed by atoms with E-state index in [0.29, 0.717) is 16.0 Å². The molecule has 0 unspecified atom stereocenters. The Bertz CT molecular complexity index is 1270. The number of ether oxygens (including phenoxy) is 2. The van der Waals surface area contributed by atoms with Crippen LogP contribution >= 0.6 is 11.6 Å². The molecule has 0 spiro atoms. The number of carbonyl (C=O) groups is 2. The molecule has 0 aliphatic carbocycles. The molecule has 8 nitrogen and oxygen atoms in total. The first-order valence-electron chi connectivity index (χ1n) is 11.4. The number of hydrogen-bond acceptors (Lipinski definition) is 7. The third kappa shape index (κ3) is 4.98. The van der Waals surface area contributed by atoms with Gasteiger partial charge in [0.1, 0.15) is 24.9 Å². The molecule has 2 aliphatic rings. The first-order valence-corrected chi connectivity index (χ1v) is 11.8. The number of amides is 1. The van der Waals surface area contributed by atoms with Gasteiger partial charge in [0.25, 0.3) is 11.7 Å².